The molecule has 5 rings (SSSR count). The van der Waals surface area contributed by atoms with E-state index in [4.69, 9.17) is 4.98 Å². The molecule has 4 aromatic heterocycles. The largest absolute Gasteiger partial charge is 0.394 e. The predicted molar refractivity (Wildman–Crippen MR) is 135 cm³/mol. The maximum absolute atomic E-state index is 13.6. The number of nitrogens with zero attached hydrogens (tertiary/aromatic N) is 4. The van der Waals surface area contributed by atoms with Crippen LogP contribution in [0.15, 0.2) is 59.6 Å². The van der Waals surface area contributed by atoms with Crippen LogP contribution in [0.2, 0.25) is 0 Å². The number of amides is 2. The molecular formula is C26H27N5O3S. The van der Waals surface area contributed by atoms with E-state index in [-0.39, 0.29) is 30.4 Å². The van der Waals surface area contributed by atoms with Gasteiger partial charge in [-0.1, -0.05) is 13.0 Å². The van der Waals surface area contributed by atoms with Gasteiger partial charge in [0.2, 0.25) is 0 Å². The van der Waals surface area contributed by atoms with Crippen molar-refractivity contribution in [1.82, 2.24) is 24.6 Å². The summed E-state index contributed by atoms with van der Waals surface area (Å²) in [5.74, 6) is -0.239. The highest BCUT2D eigenvalue weighted by molar-refractivity contribution is 7.08. The van der Waals surface area contributed by atoms with Crippen LogP contribution in [0.1, 0.15) is 52.2 Å². The molecule has 0 radical (unpaired) electrons. The summed E-state index contributed by atoms with van der Waals surface area (Å²) >= 11 is 1.51. The summed E-state index contributed by atoms with van der Waals surface area (Å²) in [5, 5.41) is 16.3. The average molecular weight is 490 g/mol. The Morgan fingerprint density at radius 2 is 2.14 bits per heavy atom. The van der Waals surface area contributed by atoms with Gasteiger partial charge in [0, 0.05) is 48.0 Å². The SMILES string of the molecule is CC[C@H](CO)NC(=O)c1c(-c2ccsc2)nc2c(C(=O)N3CCC(c4ccccn4)C3)cccn12. The first-order valence-corrected chi connectivity index (χ1v) is 12.7. The summed E-state index contributed by atoms with van der Waals surface area (Å²) in [6.45, 7) is 2.99. The first-order chi connectivity index (χ1) is 17.1. The third-order valence-corrected chi connectivity index (χ3v) is 7.20. The van der Waals surface area contributed by atoms with Crippen LogP contribution in [0.3, 0.4) is 0 Å². The Morgan fingerprint density at radius 1 is 1.26 bits per heavy atom. The molecule has 0 aliphatic carbocycles. The van der Waals surface area contributed by atoms with E-state index in [1.54, 1.807) is 28.9 Å². The van der Waals surface area contributed by atoms with Crippen LogP contribution in [0.5, 0.6) is 0 Å². The number of rotatable bonds is 7. The molecule has 0 saturated carbocycles. The lowest BCUT2D eigenvalue weighted by Crippen LogP contribution is -2.37. The Hall–Kier alpha value is -3.56. The number of hydrogen-bond donors (Lipinski definition) is 2. The molecule has 1 fully saturated rings. The molecule has 9 heteroatoms. The molecule has 5 heterocycles. The van der Waals surface area contributed by atoms with Crippen molar-refractivity contribution >= 4 is 28.8 Å². The minimum Gasteiger partial charge on any atom is -0.394 e. The summed E-state index contributed by atoms with van der Waals surface area (Å²) < 4.78 is 1.69. The van der Waals surface area contributed by atoms with Crippen molar-refractivity contribution < 1.29 is 14.7 Å². The topological polar surface area (TPSA) is 99.8 Å². The third-order valence-electron chi connectivity index (χ3n) is 6.52. The third kappa shape index (κ3) is 4.44. The normalized spacial score (nSPS) is 16.5. The number of aromatic nitrogens is 3. The van der Waals surface area contributed by atoms with Gasteiger partial charge in [-0.05, 0) is 48.6 Å². The Labute approximate surface area is 207 Å². The van der Waals surface area contributed by atoms with Gasteiger partial charge in [-0.15, -0.1) is 0 Å². The molecule has 1 saturated heterocycles. The molecular weight excluding hydrogens is 462 g/mol. The number of carbonyl (C=O) groups excluding carboxylic acids is 2. The van der Waals surface area contributed by atoms with E-state index in [1.807, 2.05) is 46.8 Å². The quantitative estimate of drug-likeness (QED) is 0.413. The number of thiophene rings is 1. The van der Waals surface area contributed by atoms with Crippen molar-refractivity contribution in [1.29, 1.82) is 0 Å². The van der Waals surface area contributed by atoms with Crippen molar-refractivity contribution in [3.05, 3.63) is 76.5 Å². The predicted octanol–water partition coefficient (Wildman–Crippen LogP) is 3.59. The lowest BCUT2D eigenvalue weighted by atomic mass is 10.0. The van der Waals surface area contributed by atoms with Crippen LogP contribution in [0, 0.1) is 0 Å². The van der Waals surface area contributed by atoms with Crippen LogP contribution in [-0.4, -0.2) is 61.9 Å². The van der Waals surface area contributed by atoms with Gasteiger partial charge in [-0.3, -0.25) is 19.0 Å². The smallest absolute Gasteiger partial charge is 0.270 e. The maximum Gasteiger partial charge on any atom is 0.270 e. The molecule has 1 unspecified atom stereocenters. The molecule has 1 aliphatic heterocycles. The second kappa shape index (κ2) is 9.97. The highest BCUT2D eigenvalue weighted by Gasteiger charge is 2.31. The van der Waals surface area contributed by atoms with Crippen molar-refractivity contribution in [3.63, 3.8) is 0 Å². The molecule has 4 aromatic rings. The Bertz CT molecular complexity index is 1330. The number of imidazole rings is 1. The van der Waals surface area contributed by atoms with E-state index in [2.05, 4.69) is 10.3 Å². The Kier molecular flexibility index (Phi) is 6.61. The van der Waals surface area contributed by atoms with Gasteiger partial charge in [0.1, 0.15) is 11.4 Å². The Balaban J connectivity index is 1.52. The van der Waals surface area contributed by atoms with E-state index < -0.39 is 0 Å². The maximum atomic E-state index is 13.6. The highest BCUT2D eigenvalue weighted by atomic mass is 32.1. The Morgan fingerprint density at radius 3 is 2.86 bits per heavy atom. The first kappa shape index (κ1) is 23.2. The highest BCUT2D eigenvalue weighted by Crippen LogP contribution is 2.30. The van der Waals surface area contributed by atoms with Crippen LogP contribution < -0.4 is 5.32 Å². The second-order valence-electron chi connectivity index (χ2n) is 8.69. The van der Waals surface area contributed by atoms with Gasteiger partial charge in [-0.25, -0.2) is 4.98 Å². The summed E-state index contributed by atoms with van der Waals surface area (Å²) in [6, 6.07) is 10.9. The van der Waals surface area contributed by atoms with Gasteiger partial charge < -0.3 is 15.3 Å². The van der Waals surface area contributed by atoms with Crippen molar-refractivity contribution in [2.45, 2.75) is 31.7 Å². The standard InChI is InChI=1S/C26H27N5O3S/c1-2-19(15-32)28-25(33)23-22(18-9-13-35-16-18)29-24-20(6-5-11-31(23)24)26(34)30-12-8-17(14-30)21-7-3-4-10-27-21/h3-7,9-11,13,16-17,19,32H,2,8,12,14-15H2,1H3,(H,28,33)/t17?,19-/m1/s1. The van der Waals surface area contributed by atoms with E-state index >= 15 is 0 Å². The summed E-state index contributed by atoms with van der Waals surface area (Å²) in [7, 11) is 0. The van der Waals surface area contributed by atoms with Crippen molar-refractivity contribution in [2.75, 3.05) is 19.7 Å². The number of carbonyl (C=O) groups is 2. The lowest BCUT2D eigenvalue weighted by molar-refractivity contribution is 0.0791. The van der Waals surface area contributed by atoms with E-state index in [0.29, 0.717) is 42.1 Å². The zero-order chi connectivity index (χ0) is 24.4. The fraction of sp³-hybridized carbons (Fsp3) is 0.308. The van der Waals surface area contributed by atoms with E-state index in [1.165, 1.54) is 11.3 Å². The number of fused-ring (bicyclic) bond motifs is 1. The molecule has 8 nitrogen and oxygen atoms in total. The van der Waals surface area contributed by atoms with Crippen LogP contribution in [0.25, 0.3) is 16.9 Å². The lowest BCUT2D eigenvalue weighted by Gasteiger charge is -2.17. The van der Waals surface area contributed by atoms with Gasteiger partial charge in [-0.2, -0.15) is 11.3 Å². The molecule has 2 N–H and O–H groups in total. The van der Waals surface area contributed by atoms with Gasteiger partial charge in [0.15, 0.2) is 5.65 Å². The number of pyridine rings is 2. The second-order valence-corrected chi connectivity index (χ2v) is 9.47. The minimum atomic E-state index is -0.360. The molecule has 180 valence electrons. The average Bonchev–Trinajstić information content (AvgIpc) is 3.66. The molecule has 2 amide bonds. The molecule has 0 aromatic carbocycles. The number of aliphatic hydroxyl groups is 1. The zero-order valence-corrected chi connectivity index (χ0v) is 20.2. The summed E-state index contributed by atoms with van der Waals surface area (Å²) in [6.07, 6.45) is 4.99. The van der Waals surface area contributed by atoms with E-state index in [0.717, 1.165) is 17.7 Å². The summed E-state index contributed by atoms with van der Waals surface area (Å²) in [4.78, 5) is 38.0. The monoisotopic (exact) mass is 489 g/mol. The van der Waals surface area contributed by atoms with Crippen LogP contribution in [-0.2, 0) is 0 Å². The molecule has 2 atom stereocenters. The zero-order valence-electron chi connectivity index (χ0n) is 19.4. The number of nitrogens with one attached hydrogen (secondary N) is 1. The van der Waals surface area contributed by atoms with Gasteiger partial charge in [0.25, 0.3) is 11.8 Å². The fourth-order valence-corrected chi connectivity index (χ4v) is 5.20. The fourth-order valence-electron chi connectivity index (χ4n) is 4.56. The van der Waals surface area contributed by atoms with Crippen molar-refractivity contribution in [3.8, 4) is 11.3 Å². The van der Waals surface area contributed by atoms with Crippen LogP contribution in [0.4, 0.5) is 0 Å². The number of hydrogen-bond acceptors (Lipinski definition) is 6. The number of likely N-dealkylation sites (tertiary alicyclic amines) is 1. The molecule has 1 aliphatic rings. The molecule has 0 spiro atoms. The summed E-state index contributed by atoms with van der Waals surface area (Å²) in [5.41, 5.74) is 3.59. The minimum absolute atomic E-state index is 0.107. The number of aliphatic hydroxyl groups excluding tert-OH is 1. The molecule has 35 heavy (non-hydrogen) atoms. The first-order valence-electron chi connectivity index (χ1n) is 11.8. The van der Waals surface area contributed by atoms with Gasteiger partial charge >= 0.3 is 0 Å². The van der Waals surface area contributed by atoms with Gasteiger partial charge in [0.05, 0.1) is 18.2 Å². The van der Waals surface area contributed by atoms with E-state index in [9.17, 15) is 14.7 Å². The molecule has 0 bridgehead atoms. The van der Waals surface area contributed by atoms with Crippen LogP contribution >= 0.6 is 11.3 Å². The van der Waals surface area contributed by atoms with Crippen molar-refractivity contribution in [2.24, 2.45) is 0 Å².